The predicted octanol–water partition coefficient (Wildman–Crippen LogP) is 2.94. The van der Waals surface area contributed by atoms with Crippen molar-refractivity contribution < 1.29 is 19.1 Å². The third kappa shape index (κ3) is 5.08. The van der Waals surface area contributed by atoms with Gasteiger partial charge in [0.2, 0.25) is 6.10 Å². The van der Waals surface area contributed by atoms with Crippen molar-refractivity contribution in [3.63, 3.8) is 0 Å². The summed E-state index contributed by atoms with van der Waals surface area (Å²) in [5.41, 5.74) is 1.68. The van der Waals surface area contributed by atoms with E-state index < -0.39 is 12.1 Å². The van der Waals surface area contributed by atoms with E-state index in [2.05, 4.69) is 5.32 Å². The Morgan fingerprint density at radius 2 is 1.88 bits per heavy atom. The van der Waals surface area contributed by atoms with E-state index in [-0.39, 0.29) is 18.6 Å². The molecule has 5 nitrogen and oxygen atoms in total. The van der Waals surface area contributed by atoms with Crippen LogP contribution in [0.2, 0.25) is 0 Å². The lowest BCUT2D eigenvalue weighted by molar-refractivity contribution is -0.158. The van der Waals surface area contributed by atoms with Crippen molar-refractivity contribution in [3.05, 3.63) is 65.7 Å². The number of hydrogen-bond donors (Lipinski definition) is 1. The fourth-order valence-electron chi connectivity index (χ4n) is 2.42. The van der Waals surface area contributed by atoms with E-state index >= 15 is 0 Å². The number of nitrogens with one attached hydrogen (secondary N) is 1. The van der Waals surface area contributed by atoms with Crippen LogP contribution in [0.1, 0.15) is 30.1 Å². The van der Waals surface area contributed by atoms with Gasteiger partial charge in [-0.25, -0.2) is 4.79 Å². The van der Waals surface area contributed by atoms with Gasteiger partial charge < -0.3 is 14.8 Å². The van der Waals surface area contributed by atoms with E-state index in [1.54, 1.807) is 18.2 Å². The first kappa shape index (κ1) is 17.0. The van der Waals surface area contributed by atoms with Gasteiger partial charge >= 0.3 is 5.97 Å². The Kier molecular flexibility index (Phi) is 5.33. The van der Waals surface area contributed by atoms with Crippen LogP contribution in [0.15, 0.2) is 54.6 Å². The summed E-state index contributed by atoms with van der Waals surface area (Å²) in [4.78, 5) is 24.6. The van der Waals surface area contributed by atoms with Crippen LogP contribution in [-0.4, -0.2) is 24.5 Å². The van der Waals surface area contributed by atoms with Gasteiger partial charge in [-0.05, 0) is 37.5 Å². The van der Waals surface area contributed by atoms with Gasteiger partial charge in [-0.15, -0.1) is 0 Å². The molecule has 0 radical (unpaired) electrons. The molecule has 0 aromatic heterocycles. The van der Waals surface area contributed by atoms with E-state index in [0.717, 1.165) is 18.4 Å². The maximum Gasteiger partial charge on any atom is 0.345 e. The zero-order valence-electron chi connectivity index (χ0n) is 14.1. The van der Waals surface area contributed by atoms with E-state index in [4.69, 9.17) is 9.47 Å². The molecule has 0 bridgehead atoms. The van der Waals surface area contributed by atoms with Crippen LogP contribution >= 0.6 is 0 Å². The molecule has 1 saturated carbocycles. The molecule has 5 heteroatoms. The second-order valence-electron chi connectivity index (χ2n) is 6.17. The number of benzene rings is 2. The third-order valence-electron chi connectivity index (χ3n) is 3.86. The fraction of sp³-hybridized carbons (Fsp3) is 0.300. The first-order chi connectivity index (χ1) is 12.1. The summed E-state index contributed by atoms with van der Waals surface area (Å²) >= 11 is 0. The normalized spacial score (nSPS) is 14.4. The second kappa shape index (κ2) is 7.83. The molecule has 1 aliphatic rings. The SMILES string of the molecule is Cc1cccc(OCC(=O)O[C@@H](C(=O)NC2CC2)c2ccccc2)c1. The van der Waals surface area contributed by atoms with Gasteiger partial charge in [-0.3, -0.25) is 4.79 Å². The lowest BCUT2D eigenvalue weighted by Gasteiger charge is -2.18. The summed E-state index contributed by atoms with van der Waals surface area (Å²) in [5, 5.41) is 2.88. The molecule has 2 aromatic carbocycles. The number of amides is 1. The first-order valence-electron chi connectivity index (χ1n) is 8.36. The average Bonchev–Trinajstić information content (AvgIpc) is 3.42. The third-order valence-corrected chi connectivity index (χ3v) is 3.86. The summed E-state index contributed by atoms with van der Waals surface area (Å²) in [7, 11) is 0. The predicted molar refractivity (Wildman–Crippen MR) is 93.1 cm³/mol. The molecule has 2 aromatic rings. The number of hydrogen-bond acceptors (Lipinski definition) is 4. The number of rotatable bonds is 7. The van der Waals surface area contributed by atoms with Crippen LogP contribution in [-0.2, 0) is 14.3 Å². The van der Waals surface area contributed by atoms with Gasteiger partial charge in [0.25, 0.3) is 5.91 Å². The smallest absolute Gasteiger partial charge is 0.345 e. The minimum Gasteiger partial charge on any atom is -0.482 e. The Morgan fingerprint density at radius 1 is 1.12 bits per heavy atom. The topological polar surface area (TPSA) is 64.6 Å². The summed E-state index contributed by atoms with van der Waals surface area (Å²) in [6, 6.07) is 16.6. The van der Waals surface area contributed by atoms with Crippen LogP contribution in [0, 0.1) is 6.92 Å². The molecule has 25 heavy (non-hydrogen) atoms. The van der Waals surface area contributed by atoms with Crippen molar-refractivity contribution in [2.45, 2.75) is 31.9 Å². The Hall–Kier alpha value is -2.82. The Morgan fingerprint density at radius 3 is 2.56 bits per heavy atom. The van der Waals surface area contributed by atoms with Crippen LogP contribution in [0.4, 0.5) is 0 Å². The summed E-state index contributed by atoms with van der Waals surface area (Å²) in [5.74, 6) is -0.283. The maximum atomic E-state index is 12.4. The molecule has 0 spiro atoms. The van der Waals surface area contributed by atoms with Gasteiger partial charge in [-0.1, -0.05) is 42.5 Å². The molecule has 0 unspecified atom stereocenters. The second-order valence-corrected chi connectivity index (χ2v) is 6.17. The molecule has 0 heterocycles. The highest BCUT2D eigenvalue weighted by Crippen LogP contribution is 2.23. The van der Waals surface area contributed by atoms with Crippen molar-refractivity contribution >= 4 is 11.9 Å². The molecule has 1 N–H and O–H groups in total. The van der Waals surface area contributed by atoms with E-state index in [9.17, 15) is 9.59 Å². The van der Waals surface area contributed by atoms with Crippen molar-refractivity contribution in [2.75, 3.05) is 6.61 Å². The molecular weight excluding hydrogens is 318 g/mol. The molecule has 1 fully saturated rings. The molecule has 0 saturated heterocycles. The first-order valence-corrected chi connectivity index (χ1v) is 8.36. The number of carbonyl (C=O) groups excluding carboxylic acids is 2. The van der Waals surface area contributed by atoms with E-state index in [1.807, 2.05) is 43.3 Å². The Balaban J connectivity index is 1.62. The van der Waals surface area contributed by atoms with Gasteiger partial charge in [0, 0.05) is 11.6 Å². The largest absolute Gasteiger partial charge is 0.482 e. The zero-order chi connectivity index (χ0) is 17.6. The minimum atomic E-state index is -0.963. The quantitative estimate of drug-likeness (QED) is 0.788. The van der Waals surface area contributed by atoms with Crippen molar-refractivity contribution in [3.8, 4) is 5.75 Å². The molecule has 130 valence electrons. The monoisotopic (exact) mass is 339 g/mol. The lowest BCUT2D eigenvalue weighted by Crippen LogP contribution is -2.34. The van der Waals surface area contributed by atoms with Crippen LogP contribution in [0.5, 0.6) is 5.75 Å². The minimum absolute atomic E-state index is 0.195. The number of carbonyl (C=O) groups is 2. The Bertz CT molecular complexity index is 740. The standard InChI is InChI=1S/C20H21NO4/c1-14-6-5-9-17(12-14)24-13-18(22)25-19(15-7-3-2-4-8-15)20(23)21-16-10-11-16/h2-9,12,16,19H,10-11,13H2,1H3,(H,21,23)/t19-/m1/s1. The highest BCUT2D eigenvalue weighted by Gasteiger charge is 2.30. The fourth-order valence-corrected chi connectivity index (χ4v) is 2.42. The number of esters is 1. The van der Waals surface area contributed by atoms with Gasteiger partial charge in [0.05, 0.1) is 0 Å². The van der Waals surface area contributed by atoms with Crippen molar-refractivity contribution in [2.24, 2.45) is 0 Å². The molecule has 0 aliphatic heterocycles. The maximum absolute atomic E-state index is 12.4. The molecule has 1 atom stereocenters. The number of ether oxygens (including phenoxy) is 2. The van der Waals surface area contributed by atoms with E-state index in [1.165, 1.54) is 0 Å². The highest BCUT2D eigenvalue weighted by atomic mass is 16.6. The summed E-state index contributed by atoms with van der Waals surface area (Å²) in [6.07, 6.45) is 0.977. The molecule has 1 amide bonds. The Labute approximate surface area is 147 Å². The van der Waals surface area contributed by atoms with Crippen LogP contribution in [0.25, 0.3) is 0 Å². The molecule has 1 aliphatic carbocycles. The van der Waals surface area contributed by atoms with Crippen LogP contribution < -0.4 is 10.1 Å². The van der Waals surface area contributed by atoms with Crippen molar-refractivity contribution in [1.82, 2.24) is 5.32 Å². The summed E-state index contributed by atoms with van der Waals surface area (Å²) in [6.45, 7) is 1.70. The van der Waals surface area contributed by atoms with Gasteiger partial charge in [0.1, 0.15) is 5.75 Å². The average molecular weight is 339 g/mol. The van der Waals surface area contributed by atoms with E-state index in [0.29, 0.717) is 11.3 Å². The lowest BCUT2D eigenvalue weighted by atomic mass is 10.1. The highest BCUT2D eigenvalue weighted by molar-refractivity contribution is 5.85. The zero-order valence-corrected chi connectivity index (χ0v) is 14.1. The number of aryl methyl sites for hydroxylation is 1. The van der Waals surface area contributed by atoms with Gasteiger partial charge in [-0.2, -0.15) is 0 Å². The summed E-state index contributed by atoms with van der Waals surface area (Å²) < 4.78 is 10.9. The van der Waals surface area contributed by atoms with Gasteiger partial charge in [0.15, 0.2) is 6.61 Å². The molecule has 3 rings (SSSR count). The molecular formula is C20H21NO4. The van der Waals surface area contributed by atoms with Crippen LogP contribution in [0.3, 0.4) is 0 Å². The van der Waals surface area contributed by atoms with Crippen molar-refractivity contribution in [1.29, 1.82) is 0 Å².